The fourth-order valence-corrected chi connectivity index (χ4v) is 3.35. The number of β-amino-alcohol motifs (C(OH)–C–C–N with tert-alkyl or cyclic N) is 1. The monoisotopic (exact) mass is 392 g/mol. The second-order valence-electron chi connectivity index (χ2n) is 6.88. The lowest BCUT2D eigenvalue weighted by atomic mass is 9.94. The highest BCUT2D eigenvalue weighted by molar-refractivity contribution is 5.46. The Kier molecular flexibility index (Phi) is 8.30. The third-order valence-electron chi connectivity index (χ3n) is 4.90. The van der Waals surface area contributed by atoms with Crippen molar-refractivity contribution >= 4 is 5.69 Å². The van der Waals surface area contributed by atoms with Crippen molar-refractivity contribution in [2.75, 3.05) is 31.6 Å². The summed E-state index contributed by atoms with van der Waals surface area (Å²) >= 11 is 0. The Hall–Kier alpha value is -1.39. The zero-order valence-corrected chi connectivity index (χ0v) is 15.0. The lowest BCUT2D eigenvalue weighted by Gasteiger charge is -2.43. The van der Waals surface area contributed by atoms with Crippen LogP contribution in [0.4, 0.5) is 18.9 Å². The summed E-state index contributed by atoms with van der Waals surface area (Å²) in [4.78, 5) is 1.75. The molecular formula is C18H27F3N2O4. The lowest BCUT2D eigenvalue weighted by Crippen LogP contribution is -2.62. The zero-order valence-electron chi connectivity index (χ0n) is 15.0. The van der Waals surface area contributed by atoms with Crippen LogP contribution < -0.4 is 5.32 Å². The van der Waals surface area contributed by atoms with Crippen molar-refractivity contribution in [1.82, 2.24) is 4.90 Å². The molecule has 0 aromatic heterocycles. The second-order valence-corrected chi connectivity index (χ2v) is 6.88. The fraction of sp³-hybridized carbons (Fsp3) is 0.667. The van der Waals surface area contributed by atoms with Gasteiger partial charge in [0, 0.05) is 25.2 Å². The van der Waals surface area contributed by atoms with Crippen LogP contribution in [-0.2, 0) is 0 Å². The van der Waals surface area contributed by atoms with Crippen LogP contribution in [0, 0.1) is 17.5 Å². The maximum absolute atomic E-state index is 13.5. The molecule has 0 bridgehead atoms. The van der Waals surface area contributed by atoms with Crippen LogP contribution in [0.2, 0.25) is 0 Å². The number of hydrogen-bond acceptors (Lipinski definition) is 6. The van der Waals surface area contributed by atoms with Gasteiger partial charge in [0.15, 0.2) is 11.6 Å². The number of anilines is 1. The van der Waals surface area contributed by atoms with E-state index >= 15 is 0 Å². The summed E-state index contributed by atoms with van der Waals surface area (Å²) in [5.41, 5.74) is -0.336. The van der Waals surface area contributed by atoms with Crippen molar-refractivity contribution in [3.05, 3.63) is 29.6 Å². The van der Waals surface area contributed by atoms with Crippen molar-refractivity contribution in [2.24, 2.45) is 0 Å². The summed E-state index contributed by atoms with van der Waals surface area (Å²) in [5.74, 6) is -2.89. The average Bonchev–Trinajstić information content (AvgIpc) is 2.60. The predicted molar refractivity (Wildman–Crippen MR) is 93.7 cm³/mol. The molecule has 0 unspecified atom stereocenters. The van der Waals surface area contributed by atoms with Crippen molar-refractivity contribution in [3.8, 4) is 0 Å². The molecule has 4 atom stereocenters. The molecule has 9 heteroatoms. The van der Waals surface area contributed by atoms with Gasteiger partial charge in [0.1, 0.15) is 23.7 Å². The summed E-state index contributed by atoms with van der Waals surface area (Å²) in [6.45, 7) is 0.741. The van der Waals surface area contributed by atoms with E-state index in [9.17, 15) is 33.6 Å². The first-order valence-electron chi connectivity index (χ1n) is 9.12. The number of aliphatic hydroxyl groups excluding tert-OH is 4. The van der Waals surface area contributed by atoms with Crippen LogP contribution in [0.1, 0.15) is 25.7 Å². The Bertz CT molecular complexity index is 585. The SMILES string of the molecule is OC[C@@H]1[C@@H](O)[C@H](O)[C@@H](O)CN1CCCCCCNc1c(F)cc(F)cc1F. The third-order valence-corrected chi connectivity index (χ3v) is 4.90. The first-order chi connectivity index (χ1) is 12.8. The molecular weight excluding hydrogens is 365 g/mol. The molecule has 27 heavy (non-hydrogen) atoms. The van der Waals surface area contributed by atoms with Gasteiger partial charge < -0.3 is 25.7 Å². The molecule has 1 aromatic carbocycles. The maximum Gasteiger partial charge on any atom is 0.152 e. The lowest BCUT2D eigenvalue weighted by molar-refractivity contribution is -0.145. The average molecular weight is 392 g/mol. The molecule has 6 nitrogen and oxygen atoms in total. The van der Waals surface area contributed by atoms with Gasteiger partial charge in [-0.15, -0.1) is 0 Å². The van der Waals surface area contributed by atoms with Crippen molar-refractivity contribution < 1.29 is 33.6 Å². The highest BCUT2D eigenvalue weighted by Crippen LogP contribution is 2.21. The van der Waals surface area contributed by atoms with Gasteiger partial charge >= 0.3 is 0 Å². The summed E-state index contributed by atoms with van der Waals surface area (Å²) in [6, 6.07) is 0.637. The molecule has 0 saturated carbocycles. The Balaban J connectivity index is 1.66. The maximum atomic E-state index is 13.5. The van der Waals surface area contributed by atoms with E-state index in [1.807, 2.05) is 0 Å². The van der Waals surface area contributed by atoms with Crippen molar-refractivity contribution in [3.63, 3.8) is 0 Å². The molecule has 5 N–H and O–H groups in total. The molecule has 1 aliphatic heterocycles. The van der Waals surface area contributed by atoms with Crippen LogP contribution in [0.5, 0.6) is 0 Å². The Morgan fingerprint density at radius 2 is 1.59 bits per heavy atom. The van der Waals surface area contributed by atoms with Gasteiger partial charge in [0.2, 0.25) is 0 Å². The summed E-state index contributed by atoms with van der Waals surface area (Å²) in [6.07, 6.45) is -0.551. The largest absolute Gasteiger partial charge is 0.395 e. The Morgan fingerprint density at radius 3 is 2.22 bits per heavy atom. The molecule has 0 amide bonds. The molecule has 0 radical (unpaired) electrons. The number of nitrogens with zero attached hydrogens (tertiary/aromatic N) is 1. The minimum absolute atomic E-state index is 0.175. The van der Waals surface area contributed by atoms with Gasteiger partial charge in [-0.05, 0) is 19.4 Å². The number of piperidine rings is 1. The molecule has 1 aliphatic rings. The summed E-state index contributed by atoms with van der Waals surface area (Å²) in [5, 5.41) is 41.3. The molecule has 1 aromatic rings. The van der Waals surface area contributed by atoms with Crippen LogP contribution in [0.3, 0.4) is 0 Å². The van der Waals surface area contributed by atoms with E-state index in [1.165, 1.54) is 0 Å². The van der Waals surface area contributed by atoms with Crippen molar-refractivity contribution in [1.29, 1.82) is 0 Å². The van der Waals surface area contributed by atoms with Gasteiger partial charge in [0.25, 0.3) is 0 Å². The van der Waals surface area contributed by atoms with E-state index < -0.39 is 41.8 Å². The number of rotatable bonds is 9. The van der Waals surface area contributed by atoms with Gasteiger partial charge in [0.05, 0.1) is 18.8 Å². The number of hydrogen-bond donors (Lipinski definition) is 5. The summed E-state index contributed by atoms with van der Waals surface area (Å²) in [7, 11) is 0. The van der Waals surface area contributed by atoms with Crippen LogP contribution in [-0.4, -0.2) is 75.9 Å². The number of aliphatic hydroxyl groups is 4. The van der Waals surface area contributed by atoms with E-state index in [-0.39, 0.29) is 18.8 Å². The van der Waals surface area contributed by atoms with Gasteiger partial charge in [-0.2, -0.15) is 0 Å². The number of benzene rings is 1. The molecule has 1 fully saturated rings. The zero-order chi connectivity index (χ0) is 20.0. The molecule has 2 rings (SSSR count). The number of halogens is 3. The number of unbranched alkanes of at least 4 members (excludes halogenated alkanes) is 3. The molecule has 154 valence electrons. The third kappa shape index (κ3) is 5.79. The first kappa shape index (κ1) is 21.9. The van der Waals surface area contributed by atoms with Gasteiger partial charge in [-0.1, -0.05) is 12.8 Å². The van der Waals surface area contributed by atoms with E-state index in [0.717, 1.165) is 19.3 Å². The van der Waals surface area contributed by atoms with E-state index in [2.05, 4.69) is 5.32 Å². The number of nitrogens with one attached hydrogen (secondary N) is 1. The fourth-order valence-electron chi connectivity index (χ4n) is 3.35. The quantitative estimate of drug-likeness (QED) is 0.400. The molecule has 0 aliphatic carbocycles. The van der Waals surface area contributed by atoms with Crippen molar-refractivity contribution in [2.45, 2.75) is 50.0 Å². The minimum Gasteiger partial charge on any atom is -0.395 e. The van der Waals surface area contributed by atoms with Gasteiger partial charge in [-0.25, -0.2) is 13.2 Å². The Labute approximate surface area is 156 Å². The van der Waals surface area contributed by atoms with Crippen LogP contribution >= 0.6 is 0 Å². The highest BCUT2D eigenvalue weighted by Gasteiger charge is 2.40. The Morgan fingerprint density at radius 1 is 0.963 bits per heavy atom. The van der Waals surface area contributed by atoms with E-state index in [4.69, 9.17) is 0 Å². The van der Waals surface area contributed by atoms with Crippen LogP contribution in [0.15, 0.2) is 12.1 Å². The molecule has 0 spiro atoms. The van der Waals surface area contributed by atoms with Gasteiger partial charge in [-0.3, -0.25) is 4.90 Å². The standard InChI is InChI=1S/C18H27F3N2O4/c19-11-7-12(20)16(13(21)8-11)22-5-3-1-2-4-6-23-9-15(25)18(27)17(26)14(23)10-24/h7-8,14-15,17-18,22,24-27H,1-6,9-10H2/t14-,15+,17-,18-/m1/s1. The molecule has 1 heterocycles. The molecule has 1 saturated heterocycles. The van der Waals surface area contributed by atoms with E-state index in [0.29, 0.717) is 31.6 Å². The topological polar surface area (TPSA) is 96.2 Å². The number of likely N-dealkylation sites (tertiary alicyclic amines) is 1. The predicted octanol–water partition coefficient (Wildman–Crippen LogP) is 0.835. The smallest absolute Gasteiger partial charge is 0.152 e. The first-order valence-corrected chi connectivity index (χ1v) is 9.12. The van der Waals surface area contributed by atoms with E-state index in [1.54, 1.807) is 4.90 Å². The highest BCUT2D eigenvalue weighted by atomic mass is 19.1. The second kappa shape index (κ2) is 10.2. The van der Waals surface area contributed by atoms with Crippen LogP contribution in [0.25, 0.3) is 0 Å². The normalized spacial score (nSPS) is 26.3. The summed E-state index contributed by atoms with van der Waals surface area (Å²) < 4.78 is 39.8. The minimum atomic E-state index is -1.27.